The molecule has 0 aliphatic rings. The van der Waals surface area contributed by atoms with E-state index in [-0.39, 0.29) is 0 Å². The van der Waals surface area contributed by atoms with E-state index in [1.165, 1.54) is 5.56 Å². The summed E-state index contributed by atoms with van der Waals surface area (Å²) < 4.78 is 11.4. The average Bonchev–Trinajstić information content (AvgIpc) is 2.50. The first-order valence-corrected chi connectivity index (χ1v) is 6.81. The van der Waals surface area contributed by atoms with Gasteiger partial charge in [-0.3, -0.25) is 4.98 Å². The Hall–Kier alpha value is -2.07. The lowest BCUT2D eigenvalue weighted by molar-refractivity contribution is 0.279. The second-order valence-electron chi connectivity index (χ2n) is 4.37. The predicted molar refractivity (Wildman–Crippen MR) is 78.9 cm³/mol. The number of pyridine rings is 1. The molecule has 2 N–H and O–H groups in total. The predicted octanol–water partition coefficient (Wildman–Crippen LogP) is 2.56. The van der Waals surface area contributed by atoms with E-state index in [1.54, 1.807) is 12.4 Å². The average molecular weight is 272 g/mol. The lowest BCUT2D eigenvalue weighted by Crippen LogP contribution is -2.05. The third kappa shape index (κ3) is 3.96. The zero-order valence-electron chi connectivity index (χ0n) is 11.7. The maximum atomic E-state index is 5.81. The van der Waals surface area contributed by atoms with Crippen LogP contribution in [0.25, 0.3) is 0 Å². The van der Waals surface area contributed by atoms with Gasteiger partial charge in [-0.05, 0) is 42.3 Å². The molecule has 20 heavy (non-hydrogen) atoms. The van der Waals surface area contributed by atoms with Crippen LogP contribution >= 0.6 is 0 Å². The highest BCUT2D eigenvalue weighted by Crippen LogP contribution is 2.28. The van der Waals surface area contributed by atoms with Crippen molar-refractivity contribution < 1.29 is 9.47 Å². The Balaban J connectivity index is 1.98. The summed E-state index contributed by atoms with van der Waals surface area (Å²) in [5, 5.41) is 0. The van der Waals surface area contributed by atoms with Crippen LogP contribution in [0.1, 0.15) is 18.1 Å². The monoisotopic (exact) mass is 272 g/mol. The Morgan fingerprint density at radius 2 is 1.80 bits per heavy atom. The molecule has 0 fully saturated rings. The van der Waals surface area contributed by atoms with Crippen molar-refractivity contribution in [3.63, 3.8) is 0 Å². The number of hydrogen-bond acceptors (Lipinski definition) is 4. The Morgan fingerprint density at radius 3 is 2.50 bits per heavy atom. The van der Waals surface area contributed by atoms with Crippen LogP contribution < -0.4 is 15.2 Å². The van der Waals surface area contributed by atoms with Crippen molar-refractivity contribution in [2.75, 3.05) is 13.2 Å². The van der Waals surface area contributed by atoms with Gasteiger partial charge in [0.15, 0.2) is 11.5 Å². The van der Waals surface area contributed by atoms with Gasteiger partial charge < -0.3 is 15.2 Å². The lowest BCUT2D eigenvalue weighted by atomic mass is 10.2. The summed E-state index contributed by atoms with van der Waals surface area (Å²) in [4.78, 5) is 4.00. The molecule has 1 aromatic carbocycles. The molecule has 2 rings (SSSR count). The van der Waals surface area contributed by atoms with Gasteiger partial charge in [-0.15, -0.1) is 0 Å². The molecule has 0 atom stereocenters. The number of nitrogens with zero attached hydrogens (tertiary/aromatic N) is 1. The molecule has 0 bridgehead atoms. The molecular weight excluding hydrogens is 252 g/mol. The minimum absolute atomic E-state index is 0.497. The molecule has 0 unspecified atom stereocenters. The molecular formula is C16H20N2O2. The zero-order chi connectivity index (χ0) is 14.2. The first-order valence-electron chi connectivity index (χ1n) is 6.81. The van der Waals surface area contributed by atoms with Gasteiger partial charge in [0.25, 0.3) is 0 Å². The highest BCUT2D eigenvalue weighted by atomic mass is 16.5. The molecule has 0 saturated heterocycles. The van der Waals surface area contributed by atoms with Crippen molar-refractivity contribution in [3.8, 4) is 11.5 Å². The topological polar surface area (TPSA) is 57.4 Å². The Bertz CT molecular complexity index is 529. The van der Waals surface area contributed by atoms with E-state index < -0.39 is 0 Å². The van der Waals surface area contributed by atoms with Gasteiger partial charge in [0.2, 0.25) is 0 Å². The van der Waals surface area contributed by atoms with Crippen LogP contribution in [0.5, 0.6) is 11.5 Å². The number of aromatic nitrogens is 1. The third-order valence-corrected chi connectivity index (χ3v) is 2.94. The summed E-state index contributed by atoms with van der Waals surface area (Å²) in [5.74, 6) is 1.52. The SMILES string of the molecule is CCOc1cc(CN)ccc1OCCc1ccncc1. The fourth-order valence-electron chi connectivity index (χ4n) is 1.90. The Labute approximate surface area is 119 Å². The van der Waals surface area contributed by atoms with E-state index >= 15 is 0 Å². The van der Waals surface area contributed by atoms with Crippen LogP contribution in [-0.4, -0.2) is 18.2 Å². The van der Waals surface area contributed by atoms with Crippen LogP contribution in [0, 0.1) is 0 Å². The fraction of sp³-hybridized carbons (Fsp3) is 0.312. The zero-order valence-corrected chi connectivity index (χ0v) is 11.7. The Kier molecular flexibility index (Phi) is 5.38. The van der Waals surface area contributed by atoms with E-state index in [1.807, 2.05) is 37.3 Å². The van der Waals surface area contributed by atoms with Crippen molar-refractivity contribution in [3.05, 3.63) is 53.9 Å². The molecule has 0 spiro atoms. The minimum atomic E-state index is 0.497. The maximum Gasteiger partial charge on any atom is 0.161 e. The summed E-state index contributed by atoms with van der Waals surface area (Å²) in [6, 6.07) is 9.80. The molecule has 2 aromatic rings. The van der Waals surface area contributed by atoms with Crippen molar-refractivity contribution in [2.45, 2.75) is 19.9 Å². The molecule has 0 aliphatic heterocycles. The van der Waals surface area contributed by atoms with E-state index in [0.29, 0.717) is 19.8 Å². The molecule has 4 nitrogen and oxygen atoms in total. The summed E-state index contributed by atoms with van der Waals surface area (Å²) in [6.07, 6.45) is 4.42. The third-order valence-electron chi connectivity index (χ3n) is 2.94. The molecule has 0 radical (unpaired) electrons. The summed E-state index contributed by atoms with van der Waals surface area (Å²) >= 11 is 0. The van der Waals surface area contributed by atoms with Gasteiger partial charge in [-0.2, -0.15) is 0 Å². The van der Waals surface area contributed by atoms with Gasteiger partial charge in [0.1, 0.15) is 0 Å². The van der Waals surface area contributed by atoms with Crippen molar-refractivity contribution in [1.82, 2.24) is 4.98 Å². The van der Waals surface area contributed by atoms with E-state index in [2.05, 4.69) is 4.98 Å². The van der Waals surface area contributed by atoms with E-state index in [9.17, 15) is 0 Å². The standard InChI is InChI=1S/C16H20N2O2/c1-2-19-16-11-14(12-17)3-4-15(16)20-10-7-13-5-8-18-9-6-13/h3-6,8-9,11H,2,7,10,12,17H2,1H3. The molecule has 0 saturated carbocycles. The Morgan fingerprint density at radius 1 is 1.00 bits per heavy atom. The van der Waals surface area contributed by atoms with Gasteiger partial charge >= 0.3 is 0 Å². The summed E-state index contributed by atoms with van der Waals surface area (Å²) in [5.41, 5.74) is 7.88. The van der Waals surface area contributed by atoms with E-state index in [4.69, 9.17) is 15.2 Å². The maximum absolute atomic E-state index is 5.81. The molecule has 1 aromatic heterocycles. The second-order valence-corrected chi connectivity index (χ2v) is 4.37. The quantitative estimate of drug-likeness (QED) is 0.841. The number of rotatable bonds is 7. The van der Waals surface area contributed by atoms with Crippen LogP contribution in [0.4, 0.5) is 0 Å². The van der Waals surface area contributed by atoms with Crippen LogP contribution in [0.3, 0.4) is 0 Å². The highest BCUT2D eigenvalue weighted by molar-refractivity contribution is 5.43. The van der Waals surface area contributed by atoms with Crippen LogP contribution in [-0.2, 0) is 13.0 Å². The summed E-state index contributed by atoms with van der Waals surface area (Å²) in [7, 11) is 0. The fourth-order valence-corrected chi connectivity index (χ4v) is 1.90. The smallest absolute Gasteiger partial charge is 0.161 e. The largest absolute Gasteiger partial charge is 0.490 e. The molecule has 0 aliphatic carbocycles. The lowest BCUT2D eigenvalue weighted by Gasteiger charge is -2.13. The van der Waals surface area contributed by atoms with Gasteiger partial charge in [-0.25, -0.2) is 0 Å². The number of hydrogen-bond donors (Lipinski definition) is 1. The normalized spacial score (nSPS) is 10.3. The number of nitrogens with two attached hydrogens (primary N) is 1. The van der Waals surface area contributed by atoms with Crippen molar-refractivity contribution >= 4 is 0 Å². The molecule has 4 heteroatoms. The van der Waals surface area contributed by atoms with E-state index in [0.717, 1.165) is 23.5 Å². The van der Waals surface area contributed by atoms with Gasteiger partial charge in [-0.1, -0.05) is 6.07 Å². The molecule has 106 valence electrons. The highest BCUT2D eigenvalue weighted by Gasteiger charge is 2.06. The minimum Gasteiger partial charge on any atom is -0.490 e. The molecule has 0 amide bonds. The van der Waals surface area contributed by atoms with Gasteiger partial charge in [0.05, 0.1) is 13.2 Å². The number of benzene rings is 1. The van der Waals surface area contributed by atoms with Gasteiger partial charge in [0, 0.05) is 25.4 Å². The second kappa shape index (κ2) is 7.50. The van der Waals surface area contributed by atoms with Crippen LogP contribution in [0.15, 0.2) is 42.7 Å². The number of ether oxygens (including phenoxy) is 2. The summed E-state index contributed by atoms with van der Waals surface area (Å²) in [6.45, 7) is 3.66. The molecule has 1 heterocycles. The first kappa shape index (κ1) is 14.3. The van der Waals surface area contributed by atoms with Crippen LogP contribution in [0.2, 0.25) is 0 Å². The first-order chi connectivity index (χ1) is 9.83. The van der Waals surface area contributed by atoms with Crippen molar-refractivity contribution in [2.24, 2.45) is 5.73 Å². The van der Waals surface area contributed by atoms with Crippen molar-refractivity contribution in [1.29, 1.82) is 0 Å².